The average molecular weight is 325 g/mol. The molecule has 0 amide bonds. The van der Waals surface area contributed by atoms with Crippen LogP contribution in [0.15, 0.2) is 22.7 Å². The molecule has 3 rings (SSSR count). The van der Waals surface area contributed by atoms with Gasteiger partial charge in [0.1, 0.15) is 10.8 Å². The Morgan fingerprint density at radius 2 is 2.19 bits per heavy atom. The first-order chi connectivity index (χ1) is 10.1. The van der Waals surface area contributed by atoms with E-state index >= 15 is 0 Å². The molecule has 0 radical (unpaired) electrons. The highest BCUT2D eigenvalue weighted by Crippen LogP contribution is 2.35. The van der Waals surface area contributed by atoms with Gasteiger partial charge in [-0.15, -0.1) is 0 Å². The van der Waals surface area contributed by atoms with Crippen molar-refractivity contribution >= 4 is 28.1 Å². The Labute approximate surface area is 128 Å². The van der Waals surface area contributed by atoms with E-state index in [2.05, 4.69) is 19.8 Å². The summed E-state index contributed by atoms with van der Waals surface area (Å²) in [7, 11) is 1.80. The van der Waals surface area contributed by atoms with Gasteiger partial charge < -0.3 is 9.84 Å². The zero-order valence-electron chi connectivity index (χ0n) is 11.1. The van der Waals surface area contributed by atoms with E-state index in [1.807, 2.05) is 6.92 Å². The van der Waals surface area contributed by atoms with Crippen LogP contribution in [-0.4, -0.2) is 21.6 Å². The maximum atomic E-state index is 13.1. The molecule has 0 aliphatic heterocycles. The number of rotatable bonds is 3. The molecule has 0 aliphatic rings. The number of nitrogens with zero attached hydrogens (tertiary/aromatic N) is 3. The van der Waals surface area contributed by atoms with Crippen LogP contribution in [0.4, 0.5) is 9.39 Å². The highest BCUT2D eigenvalue weighted by atomic mass is 35.5. The van der Waals surface area contributed by atoms with Crippen LogP contribution in [0.3, 0.4) is 0 Å². The van der Waals surface area contributed by atoms with Crippen molar-refractivity contribution in [3.63, 3.8) is 0 Å². The van der Waals surface area contributed by atoms with E-state index in [9.17, 15) is 4.39 Å². The highest BCUT2D eigenvalue weighted by Gasteiger charge is 2.20. The van der Waals surface area contributed by atoms with Gasteiger partial charge in [-0.3, -0.25) is 0 Å². The number of benzene rings is 1. The number of anilines is 1. The summed E-state index contributed by atoms with van der Waals surface area (Å²) in [4.78, 5) is 4.32. The number of hydrogen-bond donors (Lipinski definition) is 1. The van der Waals surface area contributed by atoms with Crippen LogP contribution in [0.5, 0.6) is 0 Å². The Hall–Kier alpha value is -1.99. The van der Waals surface area contributed by atoms with E-state index in [0.717, 1.165) is 16.3 Å². The van der Waals surface area contributed by atoms with Crippen LogP contribution in [0.1, 0.15) is 5.69 Å². The molecule has 0 saturated carbocycles. The molecular formula is C13H10ClFN4OS. The standard InChI is InChI=1S/C13H10ClFN4OS/c1-6-10(13(16-2)21-19-6)12-17-11(18-20-12)8-4-3-7(15)5-9(8)14/h3-5,16H,1-2H3. The lowest BCUT2D eigenvalue weighted by Crippen LogP contribution is -1.89. The van der Waals surface area contributed by atoms with Crippen molar-refractivity contribution in [2.24, 2.45) is 0 Å². The van der Waals surface area contributed by atoms with Gasteiger partial charge in [-0.05, 0) is 36.7 Å². The van der Waals surface area contributed by atoms with Crippen LogP contribution in [0.25, 0.3) is 22.8 Å². The first kappa shape index (κ1) is 14.0. The summed E-state index contributed by atoms with van der Waals surface area (Å²) in [5, 5.41) is 8.01. The Kier molecular flexibility index (Phi) is 3.60. The molecule has 0 fully saturated rings. The third-order valence-corrected chi connectivity index (χ3v) is 4.17. The molecule has 0 unspecified atom stereocenters. The molecule has 0 aliphatic carbocycles. The summed E-state index contributed by atoms with van der Waals surface area (Å²) < 4.78 is 22.6. The van der Waals surface area contributed by atoms with E-state index in [4.69, 9.17) is 16.1 Å². The molecule has 0 atom stereocenters. The van der Waals surface area contributed by atoms with Crippen molar-refractivity contribution in [2.45, 2.75) is 6.92 Å². The monoisotopic (exact) mass is 324 g/mol. The molecule has 1 N–H and O–H groups in total. The van der Waals surface area contributed by atoms with Crippen LogP contribution in [-0.2, 0) is 0 Å². The van der Waals surface area contributed by atoms with Gasteiger partial charge in [0, 0.05) is 12.6 Å². The maximum Gasteiger partial charge on any atom is 0.263 e. The second-order valence-electron chi connectivity index (χ2n) is 4.27. The van der Waals surface area contributed by atoms with Crippen molar-refractivity contribution in [1.82, 2.24) is 14.5 Å². The molecule has 0 saturated heterocycles. The van der Waals surface area contributed by atoms with Gasteiger partial charge in [-0.2, -0.15) is 9.36 Å². The van der Waals surface area contributed by atoms with Crippen LogP contribution in [0, 0.1) is 12.7 Å². The Morgan fingerprint density at radius 3 is 2.90 bits per heavy atom. The lowest BCUT2D eigenvalue weighted by Gasteiger charge is -1.98. The normalized spacial score (nSPS) is 10.9. The van der Waals surface area contributed by atoms with Gasteiger partial charge in [0.25, 0.3) is 5.89 Å². The fourth-order valence-electron chi connectivity index (χ4n) is 1.90. The summed E-state index contributed by atoms with van der Waals surface area (Å²) in [5.41, 5.74) is 2.07. The molecular weight excluding hydrogens is 315 g/mol. The Morgan fingerprint density at radius 1 is 1.38 bits per heavy atom. The number of aryl methyl sites for hydroxylation is 1. The molecule has 2 aromatic heterocycles. The Bertz CT molecular complexity index is 801. The first-order valence-electron chi connectivity index (χ1n) is 6.03. The SMILES string of the molecule is CNc1snc(C)c1-c1nc(-c2ccc(F)cc2Cl)no1. The molecule has 5 nitrogen and oxygen atoms in total. The number of aromatic nitrogens is 3. The number of halogens is 2. The minimum atomic E-state index is -0.414. The topological polar surface area (TPSA) is 63.8 Å². The minimum absolute atomic E-state index is 0.233. The summed E-state index contributed by atoms with van der Waals surface area (Å²) >= 11 is 7.32. The summed E-state index contributed by atoms with van der Waals surface area (Å²) in [5.74, 6) is 0.242. The van der Waals surface area contributed by atoms with E-state index in [0.29, 0.717) is 17.3 Å². The highest BCUT2D eigenvalue weighted by molar-refractivity contribution is 7.10. The zero-order valence-corrected chi connectivity index (χ0v) is 12.7. The van der Waals surface area contributed by atoms with E-state index in [1.54, 1.807) is 7.05 Å². The first-order valence-corrected chi connectivity index (χ1v) is 7.19. The second kappa shape index (κ2) is 5.42. The van der Waals surface area contributed by atoms with Gasteiger partial charge >= 0.3 is 0 Å². The van der Waals surface area contributed by atoms with E-state index in [-0.39, 0.29) is 5.02 Å². The molecule has 8 heteroatoms. The van der Waals surface area contributed by atoms with E-state index in [1.165, 1.54) is 29.7 Å². The molecule has 3 aromatic rings. The van der Waals surface area contributed by atoms with Gasteiger partial charge in [0.2, 0.25) is 5.82 Å². The summed E-state index contributed by atoms with van der Waals surface area (Å²) in [6.07, 6.45) is 0. The van der Waals surface area contributed by atoms with Gasteiger partial charge in [0.05, 0.1) is 16.3 Å². The Balaban J connectivity index is 2.06. The van der Waals surface area contributed by atoms with Gasteiger partial charge in [-0.1, -0.05) is 16.8 Å². The number of hydrogen-bond acceptors (Lipinski definition) is 6. The molecule has 0 spiro atoms. The lowest BCUT2D eigenvalue weighted by molar-refractivity contribution is 0.432. The molecule has 2 heterocycles. The molecule has 1 aromatic carbocycles. The van der Waals surface area contributed by atoms with Crippen molar-refractivity contribution < 1.29 is 8.91 Å². The van der Waals surface area contributed by atoms with E-state index < -0.39 is 5.82 Å². The zero-order chi connectivity index (χ0) is 15.0. The quantitative estimate of drug-likeness (QED) is 0.788. The van der Waals surface area contributed by atoms with Crippen molar-refractivity contribution in [2.75, 3.05) is 12.4 Å². The fraction of sp³-hybridized carbons (Fsp3) is 0.154. The third-order valence-electron chi connectivity index (χ3n) is 2.90. The predicted octanol–water partition coefficient (Wildman–Crippen LogP) is 4.00. The van der Waals surface area contributed by atoms with Crippen LogP contribution < -0.4 is 5.32 Å². The van der Waals surface area contributed by atoms with Crippen molar-refractivity contribution in [3.8, 4) is 22.8 Å². The minimum Gasteiger partial charge on any atom is -0.378 e. The smallest absolute Gasteiger partial charge is 0.263 e. The fourth-order valence-corrected chi connectivity index (χ4v) is 2.89. The third kappa shape index (κ3) is 2.50. The van der Waals surface area contributed by atoms with Crippen molar-refractivity contribution in [3.05, 3.63) is 34.7 Å². The lowest BCUT2D eigenvalue weighted by atomic mass is 10.2. The van der Waals surface area contributed by atoms with Crippen LogP contribution in [0.2, 0.25) is 5.02 Å². The van der Waals surface area contributed by atoms with Crippen molar-refractivity contribution in [1.29, 1.82) is 0 Å². The second-order valence-corrected chi connectivity index (χ2v) is 5.45. The van der Waals surface area contributed by atoms with Gasteiger partial charge in [-0.25, -0.2) is 4.39 Å². The average Bonchev–Trinajstić information content (AvgIpc) is 3.05. The molecule has 21 heavy (non-hydrogen) atoms. The summed E-state index contributed by atoms with van der Waals surface area (Å²) in [6, 6.07) is 4.03. The summed E-state index contributed by atoms with van der Waals surface area (Å²) in [6.45, 7) is 1.86. The molecule has 108 valence electrons. The molecule has 0 bridgehead atoms. The predicted molar refractivity (Wildman–Crippen MR) is 80.1 cm³/mol. The number of nitrogens with one attached hydrogen (secondary N) is 1. The van der Waals surface area contributed by atoms with Crippen LogP contribution >= 0.6 is 23.1 Å². The maximum absolute atomic E-state index is 13.1. The largest absolute Gasteiger partial charge is 0.378 e. The van der Waals surface area contributed by atoms with Gasteiger partial charge in [0.15, 0.2) is 0 Å².